The molecule has 5 nitrogen and oxygen atoms in total. The van der Waals surface area contributed by atoms with E-state index in [2.05, 4.69) is 121 Å². The van der Waals surface area contributed by atoms with Gasteiger partial charge < -0.3 is 9.87 Å². The molecule has 1 aliphatic rings. The summed E-state index contributed by atoms with van der Waals surface area (Å²) in [4.78, 5) is 0. The van der Waals surface area contributed by atoms with Crippen LogP contribution in [0.1, 0.15) is 11.3 Å². The first-order valence-electron chi connectivity index (χ1n) is 10.00. The molecule has 1 atom stereocenters. The second-order valence-electron chi connectivity index (χ2n) is 7.30. The lowest BCUT2D eigenvalue weighted by Gasteiger charge is -2.29. The van der Waals surface area contributed by atoms with Gasteiger partial charge in [0.05, 0.1) is 5.69 Å². The van der Waals surface area contributed by atoms with Crippen LogP contribution in [-0.2, 0) is 10.4 Å². The fraction of sp³-hybridized carbons (Fsp3) is 0.0400. The zero-order chi connectivity index (χ0) is 22.6. The molecule has 7 heteroatoms. The van der Waals surface area contributed by atoms with Crippen molar-refractivity contribution in [1.82, 2.24) is 0 Å². The van der Waals surface area contributed by atoms with Crippen molar-refractivity contribution in [3.8, 4) is 0 Å². The van der Waals surface area contributed by atoms with E-state index in [0.29, 0.717) is 0 Å². The van der Waals surface area contributed by atoms with Gasteiger partial charge in [0.25, 0.3) is 0 Å². The summed E-state index contributed by atoms with van der Waals surface area (Å²) >= 11 is 0. The topological polar surface area (TPSA) is 89.5 Å². The highest BCUT2D eigenvalue weighted by atomic mass is 32.3. The minimum atomic E-state index is -4.92. The predicted molar refractivity (Wildman–Crippen MR) is 130 cm³/mol. The van der Waals surface area contributed by atoms with Crippen LogP contribution >= 0.6 is 7.26 Å². The maximum absolute atomic E-state index is 8.63. The maximum atomic E-state index is 8.63. The molecule has 0 saturated carbocycles. The van der Waals surface area contributed by atoms with Crippen LogP contribution in [-0.4, -0.2) is 17.5 Å². The number of para-hydroxylation sites is 1. The monoisotopic (exact) mass is 463 g/mol. The molecule has 162 valence electrons. The van der Waals surface area contributed by atoms with Gasteiger partial charge in [-0.05, 0) is 36.4 Å². The van der Waals surface area contributed by atoms with Gasteiger partial charge in [0.2, 0.25) is 10.4 Å². The molecule has 0 aliphatic carbocycles. The van der Waals surface area contributed by atoms with E-state index in [4.69, 9.17) is 17.5 Å². The smallest absolute Gasteiger partial charge is 0.215 e. The summed E-state index contributed by atoms with van der Waals surface area (Å²) in [5, 5.41) is 8.17. The fourth-order valence-electron chi connectivity index (χ4n) is 4.28. The van der Waals surface area contributed by atoms with E-state index in [-0.39, 0.29) is 5.78 Å². The Kier molecular flexibility index (Phi) is 6.40. The first-order valence-corrected chi connectivity index (χ1v) is 13.2. The molecular weight excluding hydrogens is 441 g/mol. The lowest BCUT2D eigenvalue weighted by atomic mass is 10.2. The van der Waals surface area contributed by atoms with Crippen LogP contribution in [0.2, 0.25) is 0 Å². The number of anilines is 1. The summed E-state index contributed by atoms with van der Waals surface area (Å²) in [6, 6.07) is 41.9. The Morgan fingerprint density at radius 1 is 0.688 bits per heavy atom. The van der Waals surface area contributed by atoms with E-state index in [1.807, 2.05) is 0 Å². The third kappa shape index (κ3) is 4.45. The Labute approximate surface area is 188 Å². The minimum Gasteiger partial charge on any atom is -0.726 e. The van der Waals surface area contributed by atoms with E-state index in [9.17, 15) is 0 Å². The molecule has 0 radical (unpaired) electrons. The molecule has 0 saturated heterocycles. The van der Waals surface area contributed by atoms with E-state index in [1.54, 1.807) is 0 Å². The average molecular weight is 463 g/mol. The van der Waals surface area contributed by atoms with Gasteiger partial charge in [-0.25, -0.2) is 8.42 Å². The van der Waals surface area contributed by atoms with Crippen LogP contribution in [0.25, 0.3) is 0 Å². The average Bonchev–Trinajstić information content (AvgIpc) is 3.16. The number of fused-ring (bicyclic) bond motifs is 1. The molecule has 1 unspecified atom stereocenters. The molecule has 5 rings (SSSR count). The molecule has 32 heavy (non-hydrogen) atoms. The summed E-state index contributed by atoms with van der Waals surface area (Å²) in [5.74, 6) is 0.237. The molecule has 0 aromatic heterocycles. The Bertz CT molecular complexity index is 1240. The van der Waals surface area contributed by atoms with Crippen LogP contribution in [0.4, 0.5) is 5.69 Å². The van der Waals surface area contributed by atoms with Crippen molar-refractivity contribution >= 4 is 39.3 Å². The third-order valence-electron chi connectivity index (χ3n) is 5.41. The molecule has 4 aromatic rings. The van der Waals surface area contributed by atoms with Crippen LogP contribution < -0.4 is 21.2 Å². The minimum absolute atomic E-state index is 0.237. The number of hydrogen-bond acceptors (Lipinski definition) is 4. The lowest BCUT2D eigenvalue weighted by Crippen LogP contribution is -2.32. The van der Waals surface area contributed by atoms with Crippen LogP contribution in [0, 0.1) is 0 Å². The predicted octanol–water partition coefficient (Wildman–Crippen LogP) is 4.11. The molecule has 0 amide bonds. The lowest BCUT2D eigenvalue weighted by molar-refractivity contribution is 0.366. The van der Waals surface area contributed by atoms with Crippen molar-refractivity contribution in [2.45, 2.75) is 5.78 Å². The van der Waals surface area contributed by atoms with E-state index in [1.165, 1.54) is 27.2 Å². The Morgan fingerprint density at radius 2 is 1.09 bits per heavy atom. The number of benzene rings is 4. The first-order chi connectivity index (χ1) is 15.4. The number of rotatable bonds is 3. The van der Waals surface area contributed by atoms with Gasteiger partial charge in [-0.1, -0.05) is 78.9 Å². The van der Waals surface area contributed by atoms with E-state index < -0.39 is 17.7 Å². The Balaban J connectivity index is 0.000000444. The molecule has 1 aliphatic heterocycles. The second kappa shape index (κ2) is 9.23. The van der Waals surface area contributed by atoms with Crippen molar-refractivity contribution in [3.05, 3.63) is 121 Å². The quantitative estimate of drug-likeness (QED) is 0.271. The van der Waals surface area contributed by atoms with Crippen molar-refractivity contribution in [3.63, 3.8) is 0 Å². The zero-order valence-corrected chi connectivity index (χ0v) is 18.8. The highest BCUT2D eigenvalue weighted by Crippen LogP contribution is 2.70. The summed E-state index contributed by atoms with van der Waals surface area (Å²) in [6.45, 7) is 0. The summed E-state index contributed by atoms with van der Waals surface area (Å²) in [7, 11) is -6.80. The molecule has 0 bridgehead atoms. The summed E-state index contributed by atoms with van der Waals surface area (Å²) in [6.07, 6.45) is 0. The normalized spacial score (nSPS) is 16.2. The van der Waals surface area contributed by atoms with Gasteiger partial charge in [0.1, 0.15) is 23.2 Å². The molecule has 1 heterocycles. The SMILES string of the molecule is O=S(=O)([O-])O.c1ccc(C2Nc3ccccc3[P+]2(c2ccccc2)c2ccccc2)cc1. The van der Waals surface area contributed by atoms with Crippen molar-refractivity contribution in [2.24, 2.45) is 0 Å². The van der Waals surface area contributed by atoms with Gasteiger partial charge in [0, 0.05) is 5.56 Å². The third-order valence-corrected chi connectivity index (χ3v) is 9.98. The van der Waals surface area contributed by atoms with Crippen LogP contribution in [0.15, 0.2) is 115 Å². The summed E-state index contributed by atoms with van der Waals surface area (Å²) < 4.78 is 32.8. The number of nitrogens with one attached hydrogen (secondary N) is 1. The van der Waals surface area contributed by atoms with Crippen LogP contribution in [0.3, 0.4) is 0 Å². The first kappa shape index (κ1) is 22.2. The fourth-order valence-corrected chi connectivity index (χ4v) is 9.09. The summed E-state index contributed by atoms with van der Waals surface area (Å²) in [5.41, 5.74) is 2.60. The van der Waals surface area contributed by atoms with E-state index in [0.717, 1.165) is 0 Å². The molecule has 2 N–H and O–H groups in total. The van der Waals surface area contributed by atoms with Gasteiger partial charge in [0.15, 0.2) is 5.78 Å². The van der Waals surface area contributed by atoms with Gasteiger partial charge >= 0.3 is 0 Å². The highest BCUT2D eigenvalue weighted by Gasteiger charge is 2.58. The van der Waals surface area contributed by atoms with Crippen LogP contribution in [0.5, 0.6) is 0 Å². The second-order valence-corrected chi connectivity index (χ2v) is 11.6. The largest absolute Gasteiger partial charge is 0.726 e. The van der Waals surface area contributed by atoms with Crippen molar-refractivity contribution < 1.29 is 17.5 Å². The maximum Gasteiger partial charge on any atom is 0.215 e. The molecule has 0 fully saturated rings. The zero-order valence-electron chi connectivity index (χ0n) is 17.1. The van der Waals surface area contributed by atoms with Crippen molar-refractivity contribution in [2.75, 3.05) is 5.32 Å². The molecule has 0 spiro atoms. The Hall–Kier alpha value is -3.02. The van der Waals surface area contributed by atoms with Gasteiger partial charge in [-0.3, -0.25) is 4.55 Å². The molecular formula is C25H22NO4PS. The van der Waals surface area contributed by atoms with Gasteiger partial charge in [-0.2, -0.15) is 0 Å². The molecule has 4 aromatic carbocycles. The standard InChI is InChI=1S/C25H21NP.H2O4S/c1-4-12-20(13-5-1)25-26-23-18-10-11-19-24(23)27(25,21-14-6-2-7-15-21)22-16-8-3-9-17-22;1-5(2,3)4/h1-19,25-26H;(H2,1,2,3,4)/q+1;/p-1. The highest BCUT2D eigenvalue weighted by molar-refractivity contribution is 7.96. The number of hydrogen-bond donors (Lipinski definition) is 2. The van der Waals surface area contributed by atoms with E-state index >= 15 is 0 Å². The Morgan fingerprint density at radius 3 is 1.59 bits per heavy atom. The van der Waals surface area contributed by atoms with Crippen molar-refractivity contribution in [1.29, 1.82) is 0 Å². The van der Waals surface area contributed by atoms with Gasteiger partial charge in [-0.15, -0.1) is 0 Å².